The SMILES string of the molecule is COc1ccc2[nH]cc(CCNC(=O)Cc3c(C)c4cc5c(cc4oc3=O)OC(C)(C)CC5)c2c1. The summed E-state index contributed by atoms with van der Waals surface area (Å²) in [5, 5.41) is 4.86. The van der Waals surface area contributed by atoms with Crippen LogP contribution in [0.3, 0.4) is 0 Å². The molecule has 0 spiro atoms. The molecule has 0 bridgehead atoms. The first kappa shape index (κ1) is 23.0. The van der Waals surface area contributed by atoms with Crippen molar-refractivity contribution in [1.29, 1.82) is 0 Å². The molecule has 3 heterocycles. The highest BCUT2D eigenvalue weighted by atomic mass is 16.5. The van der Waals surface area contributed by atoms with Crippen LogP contribution in [0.15, 0.2) is 45.7 Å². The van der Waals surface area contributed by atoms with Crippen molar-refractivity contribution in [2.75, 3.05) is 13.7 Å². The van der Waals surface area contributed by atoms with Crippen molar-refractivity contribution >= 4 is 27.8 Å². The van der Waals surface area contributed by atoms with E-state index in [1.165, 1.54) is 0 Å². The molecule has 35 heavy (non-hydrogen) atoms. The summed E-state index contributed by atoms with van der Waals surface area (Å²) < 4.78 is 17.0. The second-order valence-corrected chi connectivity index (χ2v) is 9.81. The van der Waals surface area contributed by atoms with Crippen LogP contribution in [0.25, 0.3) is 21.9 Å². The summed E-state index contributed by atoms with van der Waals surface area (Å²) in [6.07, 6.45) is 4.40. The molecule has 182 valence electrons. The van der Waals surface area contributed by atoms with Crippen molar-refractivity contribution in [3.8, 4) is 11.5 Å². The third kappa shape index (κ3) is 4.50. The molecular formula is C28H30N2O5. The topological polar surface area (TPSA) is 93.6 Å². The van der Waals surface area contributed by atoms with E-state index in [9.17, 15) is 9.59 Å². The number of hydrogen-bond acceptors (Lipinski definition) is 5. The first-order valence-electron chi connectivity index (χ1n) is 11.9. The van der Waals surface area contributed by atoms with Crippen LogP contribution in [0.2, 0.25) is 0 Å². The number of rotatable bonds is 6. The van der Waals surface area contributed by atoms with Gasteiger partial charge in [-0.05, 0) is 81.0 Å². The highest BCUT2D eigenvalue weighted by Gasteiger charge is 2.28. The number of carbonyl (C=O) groups is 1. The fourth-order valence-corrected chi connectivity index (χ4v) is 4.79. The van der Waals surface area contributed by atoms with Crippen LogP contribution in [-0.4, -0.2) is 30.1 Å². The third-order valence-corrected chi connectivity index (χ3v) is 6.88. The highest BCUT2D eigenvalue weighted by Crippen LogP contribution is 2.36. The van der Waals surface area contributed by atoms with E-state index in [1.54, 1.807) is 13.2 Å². The fraction of sp³-hybridized carbons (Fsp3) is 0.357. The Morgan fingerprint density at radius 2 is 2.03 bits per heavy atom. The maximum Gasteiger partial charge on any atom is 0.340 e. The van der Waals surface area contributed by atoms with Crippen molar-refractivity contribution in [3.63, 3.8) is 0 Å². The van der Waals surface area contributed by atoms with Crippen molar-refractivity contribution in [1.82, 2.24) is 10.3 Å². The van der Waals surface area contributed by atoms with Crippen LogP contribution >= 0.6 is 0 Å². The molecule has 7 heteroatoms. The normalized spacial score (nSPS) is 14.5. The van der Waals surface area contributed by atoms with Gasteiger partial charge in [0.2, 0.25) is 5.91 Å². The summed E-state index contributed by atoms with van der Waals surface area (Å²) in [4.78, 5) is 28.7. The van der Waals surface area contributed by atoms with Gasteiger partial charge >= 0.3 is 5.63 Å². The van der Waals surface area contributed by atoms with Gasteiger partial charge in [0.15, 0.2) is 0 Å². The van der Waals surface area contributed by atoms with E-state index in [-0.39, 0.29) is 17.9 Å². The zero-order valence-corrected chi connectivity index (χ0v) is 20.5. The number of nitrogens with one attached hydrogen (secondary N) is 2. The number of aromatic nitrogens is 1. The molecule has 4 aromatic rings. The molecule has 0 atom stereocenters. The van der Waals surface area contributed by atoms with Gasteiger partial charge in [0.1, 0.15) is 22.7 Å². The van der Waals surface area contributed by atoms with E-state index in [0.717, 1.165) is 57.3 Å². The molecule has 0 unspecified atom stereocenters. The average Bonchev–Trinajstić information content (AvgIpc) is 3.22. The van der Waals surface area contributed by atoms with Crippen LogP contribution in [0.1, 0.15) is 42.5 Å². The highest BCUT2D eigenvalue weighted by molar-refractivity contribution is 5.87. The molecule has 2 aromatic carbocycles. The Morgan fingerprint density at radius 3 is 2.83 bits per heavy atom. The Kier molecular flexibility index (Phi) is 5.79. The number of carbonyl (C=O) groups excluding carboxylic acids is 1. The lowest BCUT2D eigenvalue weighted by Gasteiger charge is -2.32. The molecule has 1 aliphatic rings. The number of ether oxygens (including phenoxy) is 2. The summed E-state index contributed by atoms with van der Waals surface area (Å²) in [6, 6.07) is 9.70. The van der Waals surface area contributed by atoms with Gasteiger partial charge in [-0.1, -0.05) is 0 Å². The number of methoxy groups -OCH3 is 1. The molecular weight excluding hydrogens is 444 g/mol. The molecule has 1 aliphatic heterocycles. The summed E-state index contributed by atoms with van der Waals surface area (Å²) in [5.41, 5.74) is 4.15. The first-order chi connectivity index (χ1) is 16.7. The van der Waals surface area contributed by atoms with E-state index < -0.39 is 5.63 Å². The summed E-state index contributed by atoms with van der Waals surface area (Å²) >= 11 is 0. The minimum absolute atomic E-state index is 0.0214. The van der Waals surface area contributed by atoms with Gasteiger partial charge in [0.25, 0.3) is 0 Å². The first-order valence-corrected chi connectivity index (χ1v) is 11.9. The predicted octanol–water partition coefficient (Wildman–Crippen LogP) is 4.60. The molecule has 0 saturated carbocycles. The van der Waals surface area contributed by atoms with Gasteiger partial charge in [-0.2, -0.15) is 0 Å². The Morgan fingerprint density at radius 1 is 1.20 bits per heavy atom. The number of fused-ring (bicyclic) bond motifs is 3. The lowest BCUT2D eigenvalue weighted by molar-refractivity contribution is -0.120. The van der Waals surface area contributed by atoms with E-state index in [4.69, 9.17) is 13.9 Å². The minimum Gasteiger partial charge on any atom is -0.497 e. The largest absolute Gasteiger partial charge is 0.497 e. The molecule has 2 aromatic heterocycles. The maximum atomic E-state index is 12.7. The smallest absolute Gasteiger partial charge is 0.340 e. The standard InChI is InChI=1S/C28H30N2O5/c1-16-20-11-17-7-9-28(2,3)35-24(17)14-25(20)34-27(32)21(16)13-26(31)29-10-8-18-15-30-23-6-5-19(33-4)12-22(18)23/h5-6,11-12,14-15,30H,7-10,13H2,1-4H3,(H,29,31). The van der Waals surface area contributed by atoms with Gasteiger partial charge in [-0.15, -0.1) is 0 Å². The second-order valence-electron chi connectivity index (χ2n) is 9.81. The van der Waals surface area contributed by atoms with Crippen LogP contribution in [0.5, 0.6) is 11.5 Å². The number of aryl methyl sites for hydroxylation is 2. The number of benzene rings is 2. The fourth-order valence-electron chi connectivity index (χ4n) is 4.79. The molecule has 0 radical (unpaired) electrons. The average molecular weight is 475 g/mol. The summed E-state index contributed by atoms with van der Waals surface area (Å²) in [7, 11) is 1.64. The summed E-state index contributed by atoms with van der Waals surface area (Å²) in [5.74, 6) is 1.34. The number of hydrogen-bond donors (Lipinski definition) is 2. The van der Waals surface area contributed by atoms with Crippen LogP contribution in [0, 0.1) is 6.92 Å². The molecule has 2 N–H and O–H groups in total. The Labute approximate surface area is 203 Å². The van der Waals surface area contributed by atoms with Crippen molar-refractivity contribution < 1.29 is 18.7 Å². The number of amides is 1. The number of aromatic amines is 1. The molecule has 0 aliphatic carbocycles. The third-order valence-electron chi connectivity index (χ3n) is 6.88. The molecule has 1 amide bonds. The molecule has 7 nitrogen and oxygen atoms in total. The second kappa shape index (κ2) is 8.80. The van der Waals surface area contributed by atoms with Gasteiger partial charge in [0.05, 0.1) is 19.1 Å². The van der Waals surface area contributed by atoms with Crippen LogP contribution in [0.4, 0.5) is 0 Å². The predicted molar refractivity (Wildman–Crippen MR) is 136 cm³/mol. The molecule has 5 rings (SSSR count). The quantitative estimate of drug-likeness (QED) is 0.399. The van der Waals surface area contributed by atoms with E-state index >= 15 is 0 Å². The van der Waals surface area contributed by atoms with E-state index in [1.807, 2.05) is 37.4 Å². The van der Waals surface area contributed by atoms with Crippen molar-refractivity contribution in [2.24, 2.45) is 0 Å². The van der Waals surface area contributed by atoms with Gasteiger partial charge in [-0.25, -0.2) is 4.79 Å². The lowest BCUT2D eigenvalue weighted by atomic mass is 9.92. The maximum absolute atomic E-state index is 12.7. The lowest BCUT2D eigenvalue weighted by Crippen LogP contribution is -2.32. The van der Waals surface area contributed by atoms with E-state index in [2.05, 4.69) is 24.1 Å². The van der Waals surface area contributed by atoms with Gasteiger partial charge in [-0.3, -0.25) is 4.79 Å². The Balaban J connectivity index is 1.30. The van der Waals surface area contributed by atoms with E-state index in [0.29, 0.717) is 24.1 Å². The van der Waals surface area contributed by atoms with Crippen molar-refractivity contribution in [3.05, 3.63) is 69.2 Å². The monoisotopic (exact) mass is 474 g/mol. The molecule has 0 saturated heterocycles. The minimum atomic E-state index is -0.483. The van der Waals surface area contributed by atoms with Crippen LogP contribution in [-0.2, 0) is 24.1 Å². The van der Waals surface area contributed by atoms with Crippen LogP contribution < -0.4 is 20.4 Å². The van der Waals surface area contributed by atoms with Gasteiger partial charge in [0, 0.05) is 35.1 Å². The number of H-pyrrole nitrogens is 1. The molecule has 0 fully saturated rings. The summed E-state index contributed by atoms with van der Waals surface area (Å²) in [6.45, 7) is 6.44. The zero-order valence-electron chi connectivity index (χ0n) is 20.5. The zero-order chi connectivity index (χ0) is 24.7. The Bertz CT molecular complexity index is 1500. The van der Waals surface area contributed by atoms with Gasteiger partial charge < -0.3 is 24.2 Å². The Hall–Kier alpha value is -3.74. The van der Waals surface area contributed by atoms with Crippen molar-refractivity contribution in [2.45, 2.75) is 52.1 Å².